The topological polar surface area (TPSA) is 117 Å². The molecular weight excluding hydrogens is 222 g/mol. The number of aromatic amines is 2. The van der Waals surface area contributed by atoms with Crippen molar-refractivity contribution < 1.29 is 0 Å². The van der Waals surface area contributed by atoms with Crippen LogP contribution >= 0.6 is 0 Å². The van der Waals surface area contributed by atoms with Gasteiger partial charge >= 0.3 is 5.69 Å². The summed E-state index contributed by atoms with van der Waals surface area (Å²) in [6.45, 7) is 0.456. The highest BCUT2D eigenvalue weighted by molar-refractivity contribution is 5.55. The molecule has 0 bridgehead atoms. The Morgan fingerprint density at radius 2 is 1.94 bits per heavy atom. The van der Waals surface area contributed by atoms with E-state index in [1.165, 1.54) is 0 Å². The summed E-state index contributed by atoms with van der Waals surface area (Å²) >= 11 is 0. The van der Waals surface area contributed by atoms with Crippen LogP contribution in [-0.2, 0) is 6.54 Å². The summed E-state index contributed by atoms with van der Waals surface area (Å²) in [5.41, 5.74) is 5.93. The molecule has 0 atom stereocenters. The van der Waals surface area contributed by atoms with Crippen molar-refractivity contribution in [1.29, 1.82) is 0 Å². The standard InChI is InChI=1S/C10H11N5O2/c11-5-6-1-3-7(4-2-6)12-8-9(16)13-10(17)15-14-8/h1-4H,5,11H2,(H,12,14)(H2,13,15,16,17). The highest BCUT2D eigenvalue weighted by Gasteiger charge is 2.02. The molecule has 0 aliphatic rings. The smallest absolute Gasteiger partial charge is 0.334 e. The summed E-state index contributed by atoms with van der Waals surface area (Å²) in [5, 5.41) is 8.52. The lowest BCUT2D eigenvalue weighted by molar-refractivity contribution is 0.897. The third-order valence-corrected chi connectivity index (χ3v) is 2.16. The maximum Gasteiger partial charge on any atom is 0.342 e. The molecule has 0 saturated heterocycles. The van der Waals surface area contributed by atoms with Gasteiger partial charge in [0.05, 0.1) is 0 Å². The maximum atomic E-state index is 11.3. The Hall–Kier alpha value is -2.41. The number of nitrogens with two attached hydrogens (primary N) is 1. The van der Waals surface area contributed by atoms with Gasteiger partial charge in [0, 0.05) is 12.2 Å². The van der Waals surface area contributed by atoms with Crippen LogP contribution in [0.15, 0.2) is 33.9 Å². The van der Waals surface area contributed by atoms with Gasteiger partial charge in [-0.3, -0.25) is 9.78 Å². The second kappa shape index (κ2) is 4.62. The first-order chi connectivity index (χ1) is 8.19. The summed E-state index contributed by atoms with van der Waals surface area (Å²) in [4.78, 5) is 24.2. The lowest BCUT2D eigenvalue weighted by Gasteiger charge is -2.04. The molecule has 1 heterocycles. The van der Waals surface area contributed by atoms with Crippen LogP contribution in [0.4, 0.5) is 11.5 Å². The van der Waals surface area contributed by atoms with Gasteiger partial charge in [-0.15, -0.1) is 5.10 Å². The van der Waals surface area contributed by atoms with Gasteiger partial charge in [-0.1, -0.05) is 12.1 Å². The molecule has 5 N–H and O–H groups in total. The third-order valence-electron chi connectivity index (χ3n) is 2.16. The normalized spacial score (nSPS) is 10.2. The third kappa shape index (κ3) is 2.58. The first-order valence-corrected chi connectivity index (χ1v) is 4.94. The lowest BCUT2D eigenvalue weighted by Crippen LogP contribution is -2.25. The molecule has 88 valence electrons. The number of aromatic nitrogens is 3. The van der Waals surface area contributed by atoms with E-state index in [1.54, 1.807) is 12.1 Å². The summed E-state index contributed by atoms with van der Waals surface area (Å²) in [7, 11) is 0. The van der Waals surface area contributed by atoms with E-state index < -0.39 is 11.2 Å². The number of hydrogen-bond donors (Lipinski definition) is 4. The number of H-pyrrole nitrogens is 2. The number of nitrogens with one attached hydrogen (secondary N) is 3. The molecule has 0 unspecified atom stereocenters. The zero-order valence-electron chi connectivity index (χ0n) is 8.86. The van der Waals surface area contributed by atoms with E-state index in [-0.39, 0.29) is 5.82 Å². The van der Waals surface area contributed by atoms with Crippen molar-refractivity contribution in [2.24, 2.45) is 5.73 Å². The van der Waals surface area contributed by atoms with E-state index in [9.17, 15) is 9.59 Å². The number of hydrogen-bond acceptors (Lipinski definition) is 5. The number of benzene rings is 1. The van der Waals surface area contributed by atoms with Gasteiger partial charge < -0.3 is 11.1 Å². The van der Waals surface area contributed by atoms with Gasteiger partial charge in [0.15, 0.2) is 0 Å². The molecule has 1 aromatic heterocycles. The highest BCUT2D eigenvalue weighted by Crippen LogP contribution is 2.11. The van der Waals surface area contributed by atoms with Crippen molar-refractivity contribution in [2.75, 3.05) is 5.32 Å². The minimum absolute atomic E-state index is 0.0325. The number of nitrogens with zero attached hydrogens (tertiary/aromatic N) is 1. The lowest BCUT2D eigenvalue weighted by atomic mass is 10.2. The second-order valence-electron chi connectivity index (χ2n) is 3.38. The zero-order chi connectivity index (χ0) is 12.3. The highest BCUT2D eigenvalue weighted by atomic mass is 16.2. The molecule has 0 amide bonds. The summed E-state index contributed by atoms with van der Waals surface area (Å²) in [5.74, 6) is 0.0325. The minimum Gasteiger partial charge on any atom is -0.334 e. The van der Waals surface area contributed by atoms with Crippen molar-refractivity contribution in [3.8, 4) is 0 Å². The van der Waals surface area contributed by atoms with Crippen molar-refractivity contribution in [1.82, 2.24) is 15.2 Å². The van der Waals surface area contributed by atoms with Gasteiger partial charge in [-0.2, -0.15) is 0 Å². The number of rotatable bonds is 3. The summed E-state index contributed by atoms with van der Waals surface area (Å²) in [6.07, 6.45) is 0. The van der Waals surface area contributed by atoms with Crippen LogP contribution in [0.5, 0.6) is 0 Å². The van der Waals surface area contributed by atoms with Gasteiger partial charge in [-0.25, -0.2) is 9.89 Å². The summed E-state index contributed by atoms with van der Waals surface area (Å²) < 4.78 is 0. The van der Waals surface area contributed by atoms with Gasteiger partial charge in [0.1, 0.15) is 0 Å². The quantitative estimate of drug-likeness (QED) is 0.578. The molecule has 0 spiro atoms. The van der Waals surface area contributed by atoms with E-state index in [2.05, 4.69) is 20.5 Å². The van der Waals surface area contributed by atoms with Crippen LogP contribution in [0.1, 0.15) is 5.56 Å². The zero-order valence-corrected chi connectivity index (χ0v) is 8.86. The fraction of sp³-hybridized carbons (Fsp3) is 0.100. The van der Waals surface area contributed by atoms with E-state index in [4.69, 9.17) is 5.73 Å². The average Bonchev–Trinajstić information content (AvgIpc) is 2.34. The largest absolute Gasteiger partial charge is 0.342 e. The molecule has 2 aromatic rings. The Labute approximate surface area is 95.7 Å². The first kappa shape index (κ1) is 11.1. The van der Waals surface area contributed by atoms with Gasteiger partial charge in [0.25, 0.3) is 5.56 Å². The van der Waals surface area contributed by atoms with Crippen LogP contribution in [-0.4, -0.2) is 15.2 Å². The molecule has 2 rings (SSSR count). The van der Waals surface area contributed by atoms with E-state index in [1.807, 2.05) is 12.1 Å². The Kier molecular flexibility index (Phi) is 3.01. The van der Waals surface area contributed by atoms with Crippen molar-refractivity contribution >= 4 is 11.5 Å². The fourth-order valence-electron chi connectivity index (χ4n) is 1.29. The van der Waals surface area contributed by atoms with Crippen molar-refractivity contribution in [3.63, 3.8) is 0 Å². The summed E-state index contributed by atoms with van der Waals surface area (Å²) in [6, 6.07) is 7.22. The maximum absolute atomic E-state index is 11.3. The van der Waals surface area contributed by atoms with Crippen molar-refractivity contribution in [2.45, 2.75) is 6.54 Å². The fourth-order valence-corrected chi connectivity index (χ4v) is 1.29. The van der Waals surface area contributed by atoms with Crippen LogP contribution in [0.25, 0.3) is 0 Å². The van der Waals surface area contributed by atoms with Gasteiger partial charge in [-0.05, 0) is 17.7 Å². The molecule has 0 aliphatic carbocycles. The molecule has 1 aromatic carbocycles. The van der Waals surface area contributed by atoms with Crippen molar-refractivity contribution in [3.05, 3.63) is 50.7 Å². The second-order valence-corrected chi connectivity index (χ2v) is 3.38. The Morgan fingerprint density at radius 1 is 1.24 bits per heavy atom. The Balaban J connectivity index is 2.25. The molecule has 7 heteroatoms. The molecule has 7 nitrogen and oxygen atoms in total. The Bertz CT molecular complexity index is 614. The molecular formula is C10H11N5O2. The predicted octanol–water partition coefficient (Wildman–Crippen LogP) is -0.340. The predicted molar refractivity (Wildman–Crippen MR) is 63.1 cm³/mol. The first-order valence-electron chi connectivity index (χ1n) is 4.94. The van der Waals surface area contributed by atoms with E-state index in [0.717, 1.165) is 5.56 Å². The van der Waals surface area contributed by atoms with E-state index in [0.29, 0.717) is 12.2 Å². The van der Waals surface area contributed by atoms with Crippen LogP contribution < -0.4 is 22.3 Å². The molecule has 17 heavy (non-hydrogen) atoms. The molecule has 0 radical (unpaired) electrons. The van der Waals surface area contributed by atoms with Crippen LogP contribution in [0.3, 0.4) is 0 Å². The average molecular weight is 233 g/mol. The SMILES string of the molecule is NCc1ccc(Nc2n[nH]c(=O)[nH]c2=O)cc1. The monoisotopic (exact) mass is 233 g/mol. The Morgan fingerprint density at radius 3 is 2.53 bits per heavy atom. The van der Waals surface area contributed by atoms with Crippen LogP contribution in [0, 0.1) is 0 Å². The molecule has 0 aliphatic heterocycles. The van der Waals surface area contributed by atoms with E-state index >= 15 is 0 Å². The van der Waals surface area contributed by atoms with Gasteiger partial charge in [0.2, 0.25) is 5.82 Å². The molecule has 0 fully saturated rings. The molecule has 0 saturated carbocycles. The minimum atomic E-state index is -0.640. The van der Waals surface area contributed by atoms with Crippen LogP contribution in [0.2, 0.25) is 0 Å². The number of anilines is 2.